The molecule has 0 amide bonds. The van der Waals surface area contributed by atoms with Crippen LogP contribution in [0.5, 0.6) is 11.5 Å². The van der Waals surface area contributed by atoms with Crippen LogP contribution in [0.2, 0.25) is 0 Å². The summed E-state index contributed by atoms with van der Waals surface area (Å²) in [6.07, 6.45) is 0.0499. The van der Waals surface area contributed by atoms with Gasteiger partial charge < -0.3 is 15.2 Å². The molecular weight excluding hydrogens is 667 g/mol. The Balaban J connectivity index is 1.57. The van der Waals surface area contributed by atoms with Crippen LogP contribution in [0.4, 0.5) is 28.4 Å². The van der Waals surface area contributed by atoms with Gasteiger partial charge in [0.05, 0.1) is 47.1 Å². The summed E-state index contributed by atoms with van der Waals surface area (Å²) in [5.41, 5.74) is 8.20. The molecule has 0 saturated heterocycles. The van der Waals surface area contributed by atoms with Gasteiger partial charge in [0.1, 0.15) is 22.1 Å². The fraction of sp³-hybridized carbons (Fsp3) is 0.185. The molecule has 0 aliphatic carbocycles. The third kappa shape index (κ3) is 8.80. The van der Waals surface area contributed by atoms with Crippen molar-refractivity contribution in [3.8, 4) is 11.5 Å². The van der Waals surface area contributed by atoms with E-state index in [0.717, 1.165) is 6.07 Å². The molecule has 4 rings (SSSR count). The van der Waals surface area contributed by atoms with Gasteiger partial charge in [-0.1, -0.05) is 6.07 Å². The van der Waals surface area contributed by atoms with E-state index >= 15 is 0 Å². The molecule has 4 aromatic carbocycles. The molecule has 244 valence electrons. The molecule has 0 aromatic heterocycles. The average Bonchev–Trinajstić information content (AvgIpc) is 2.96. The lowest BCUT2D eigenvalue weighted by molar-refractivity contribution is 0.318. The largest absolute Gasteiger partial charge is 0.494 e. The third-order valence-electron chi connectivity index (χ3n) is 6.29. The molecule has 46 heavy (non-hydrogen) atoms. The highest BCUT2D eigenvalue weighted by atomic mass is 32.2. The Bertz CT molecular complexity index is 2200. The van der Waals surface area contributed by atoms with E-state index in [9.17, 15) is 34.4 Å². The second-order valence-corrected chi connectivity index (χ2v) is 14.1. The predicted molar refractivity (Wildman–Crippen MR) is 167 cm³/mol. The highest BCUT2D eigenvalue weighted by molar-refractivity contribution is 7.87. The zero-order valence-electron chi connectivity index (χ0n) is 24.1. The van der Waals surface area contributed by atoms with Gasteiger partial charge in [-0.15, -0.1) is 5.11 Å². The molecule has 0 spiro atoms. The summed E-state index contributed by atoms with van der Waals surface area (Å²) in [6.45, 7) is 1.75. The molecule has 0 aliphatic heterocycles. The minimum atomic E-state index is -4.88. The molecule has 5 N–H and O–H groups in total. The molecule has 0 heterocycles. The Morgan fingerprint density at radius 3 is 2.02 bits per heavy atom. The Morgan fingerprint density at radius 2 is 1.39 bits per heavy atom. The normalized spacial score (nSPS) is 12.7. The second kappa shape index (κ2) is 13.4. The Kier molecular flexibility index (Phi) is 10.0. The summed E-state index contributed by atoms with van der Waals surface area (Å²) in [6, 6.07) is 13.5. The van der Waals surface area contributed by atoms with E-state index in [1.54, 1.807) is 25.1 Å². The van der Waals surface area contributed by atoms with Crippen LogP contribution < -0.4 is 15.2 Å². The molecule has 0 bridgehead atoms. The number of fused-ring (bicyclic) bond motifs is 1. The highest BCUT2D eigenvalue weighted by Gasteiger charge is 2.20. The van der Waals surface area contributed by atoms with Crippen molar-refractivity contribution in [1.82, 2.24) is 0 Å². The minimum absolute atomic E-state index is 0.0106. The standard InChI is InChI=1S/C27H27N5O11S3/c1-16-10-22(28)25(43-8-3-9-44(33,34)35)15-24(16)32-31-23-7-6-19(13-26(23)42-2)30-29-18-5-4-17-11-20(45(36,37)38)14-27(21(17)12-18)46(39,40)41/h4-7,10-15H,3,8-9,28H2,1-2H3,(H,33,34,35)(H,36,37,38)(H,39,40,41). The van der Waals surface area contributed by atoms with Gasteiger partial charge in [0.2, 0.25) is 0 Å². The zero-order chi connectivity index (χ0) is 33.9. The van der Waals surface area contributed by atoms with Crippen molar-refractivity contribution in [3.05, 3.63) is 66.2 Å². The molecule has 19 heteroatoms. The zero-order valence-corrected chi connectivity index (χ0v) is 26.5. The number of methoxy groups -OCH3 is 1. The minimum Gasteiger partial charge on any atom is -0.494 e. The number of rotatable bonds is 12. The Hall–Kier alpha value is -4.53. The predicted octanol–water partition coefficient (Wildman–Crippen LogP) is 5.72. The van der Waals surface area contributed by atoms with Gasteiger partial charge in [-0.25, -0.2) is 0 Å². The van der Waals surface area contributed by atoms with Crippen molar-refractivity contribution in [2.24, 2.45) is 20.5 Å². The molecule has 0 saturated carbocycles. The second-order valence-electron chi connectivity index (χ2n) is 9.70. The summed E-state index contributed by atoms with van der Waals surface area (Å²) in [4.78, 5) is -1.45. The SMILES string of the molecule is COc1cc(N=Nc2ccc3cc(S(=O)(=O)O)cc(S(=O)(=O)O)c3c2)ccc1N=Nc1cc(OCCCS(=O)(=O)O)c(N)cc1C. The van der Waals surface area contributed by atoms with Gasteiger partial charge in [-0.3, -0.25) is 13.7 Å². The van der Waals surface area contributed by atoms with E-state index in [2.05, 4.69) is 20.5 Å². The van der Waals surface area contributed by atoms with Gasteiger partial charge >= 0.3 is 0 Å². The van der Waals surface area contributed by atoms with E-state index in [1.165, 1.54) is 37.4 Å². The number of azo groups is 2. The Morgan fingerprint density at radius 1 is 0.739 bits per heavy atom. The molecule has 4 aromatic rings. The van der Waals surface area contributed by atoms with E-state index in [0.29, 0.717) is 34.4 Å². The van der Waals surface area contributed by atoms with Crippen molar-refractivity contribution in [2.45, 2.75) is 23.1 Å². The summed E-state index contributed by atoms with van der Waals surface area (Å²) < 4.78 is 108. The lowest BCUT2D eigenvalue weighted by Crippen LogP contribution is -2.09. The monoisotopic (exact) mass is 693 g/mol. The van der Waals surface area contributed by atoms with E-state index in [4.69, 9.17) is 19.8 Å². The highest BCUT2D eigenvalue weighted by Crippen LogP contribution is 2.37. The molecular formula is C27H27N5O11S3. The summed E-state index contributed by atoms with van der Waals surface area (Å²) >= 11 is 0. The van der Waals surface area contributed by atoms with Crippen LogP contribution in [0.25, 0.3) is 10.8 Å². The first kappa shape index (κ1) is 34.3. The summed E-state index contributed by atoms with van der Waals surface area (Å²) in [5.74, 6) is 0.0759. The van der Waals surface area contributed by atoms with E-state index < -0.39 is 45.9 Å². The van der Waals surface area contributed by atoms with Crippen molar-refractivity contribution < 1.29 is 48.4 Å². The summed E-state index contributed by atoms with van der Waals surface area (Å²) in [5, 5.41) is 16.8. The first-order chi connectivity index (χ1) is 21.4. The van der Waals surface area contributed by atoms with E-state index in [-0.39, 0.29) is 41.0 Å². The van der Waals surface area contributed by atoms with Crippen LogP contribution in [0, 0.1) is 6.92 Å². The lowest BCUT2D eigenvalue weighted by Gasteiger charge is -2.11. The first-order valence-electron chi connectivity index (χ1n) is 13.0. The number of nitrogens with two attached hydrogens (primary N) is 1. The molecule has 0 atom stereocenters. The maximum atomic E-state index is 12.0. The van der Waals surface area contributed by atoms with Crippen molar-refractivity contribution >= 4 is 69.6 Å². The maximum Gasteiger partial charge on any atom is 0.295 e. The fourth-order valence-corrected chi connectivity index (χ4v) is 5.93. The number of ether oxygens (including phenoxy) is 2. The van der Waals surface area contributed by atoms with Crippen LogP contribution >= 0.6 is 0 Å². The van der Waals surface area contributed by atoms with Gasteiger partial charge in [-0.05, 0) is 66.8 Å². The van der Waals surface area contributed by atoms with Crippen LogP contribution in [0.3, 0.4) is 0 Å². The van der Waals surface area contributed by atoms with Gasteiger partial charge in [0.25, 0.3) is 30.4 Å². The third-order valence-corrected chi connectivity index (χ3v) is 8.82. The Labute approximate surface area is 263 Å². The molecule has 0 fully saturated rings. The number of anilines is 1. The van der Waals surface area contributed by atoms with Gasteiger partial charge in [0, 0.05) is 17.5 Å². The van der Waals surface area contributed by atoms with Crippen LogP contribution in [-0.4, -0.2) is 58.4 Å². The number of aryl methyl sites for hydroxylation is 1. The van der Waals surface area contributed by atoms with Crippen molar-refractivity contribution in [3.63, 3.8) is 0 Å². The lowest BCUT2D eigenvalue weighted by atomic mass is 10.1. The van der Waals surface area contributed by atoms with E-state index in [1.807, 2.05) is 0 Å². The molecule has 0 aliphatic rings. The topological polar surface area (TPSA) is 257 Å². The number of hydrogen-bond donors (Lipinski definition) is 4. The van der Waals surface area contributed by atoms with Crippen LogP contribution in [-0.2, 0) is 30.4 Å². The number of nitrogen functional groups attached to an aromatic ring is 1. The number of nitrogens with zero attached hydrogens (tertiary/aromatic N) is 4. The number of benzene rings is 4. The quantitative estimate of drug-likeness (QED) is 0.0601. The summed E-state index contributed by atoms with van der Waals surface area (Å²) in [7, 11) is -12.3. The van der Waals surface area contributed by atoms with Gasteiger partial charge in [-0.2, -0.15) is 40.6 Å². The van der Waals surface area contributed by atoms with Crippen molar-refractivity contribution in [2.75, 3.05) is 25.2 Å². The molecule has 0 unspecified atom stereocenters. The average molecular weight is 694 g/mol. The molecule has 0 radical (unpaired) electrons. The smallest absolute Gasteiger partial charge is 0.295 e. The first-order valence-corrected chi connectivity index (χ1v) is 17.5. The van der Waals surface area contributed by atoms with Crippen LogP contribution in [0.1, 0.15) is 12.0 Å². The fourth-order valence-electron chi connectivity index (χ4n) is 4.10. The van der Waals surface area contributed by atoms with Gasteiger partial charge in [0.15, 0.2) is 0 Å². The van der Waals surface area contributed by atoms with Crippen molar-refractivity contribution in [1.29, 1.82) is 0 Å². The number of hydrogen-bond acceptors (Lipinski definition) is 13. The maximum absolute atomic E-state index is 12.0. The molecule has 16 nitrogen and oxygen atoms in total. The van der Waals surface area contributed by atoms with Crippen LogP contribution in [0.15, 0.2) is 90.9 Å².